The molecule has 0 saturated carbocycles. The van der Waals surface area contributed by atoms with E-state index in [2.05, 4.69) is 19.0 Å². The van der Waals surface area contributed by atoms with Crippen LogP contribution in [-0.2, 0) is 0 Å². The van der Waals surface area contributed by atoms with Gasteiger partial charge in [0.2, 0.25) is 0 Å². The third-order valence-electron chi connectivity index (χ3n) is 2.38. The van der Waals surface area contributed by atoms with E-state index in [0.717, 1.165) is 37.5 Å². The molecule has 0 aliphatic rings. The highest BCUT2D eigenvalue weighted by molar-refractivity contribution is 5.32. The topological polar surface area (TPSA) is 21.7 Å². The Kier molecular flexibility index (Phi) is 6.48. The van der Waals surface area contributed by atoms with Crippen LogP contribution in [0, 0.1) is 0 Å². The second kappa shape index (κ2) is 7.96. The number of hydrogen-bond acceptors (Lipinski definition) is 3. The number of rotatable bonds is 8. The van der Waals surface area contributed by atoms with Crippen molar-refractivity contribution >= 4 is 0 Å². The minimum Gasteiger partial charge on any atom is -0.494 e. The van der Waals surface area contributed by atoms with Gasteiger partial charge < -0.3 is 14.4 Å². The van der Waals surface area contributed by atoms with Crippen LogP contribution in [0.15, 0.2) is 24.3 Å². The van der Waals surface area contributed by atoms with Crippen molar-refractivity contribution in [3.63, 3.8) is 0 Å². The monoisotopic (exact) mass is 237 g/mol. The molecule has 96 valence electrons. The molecule has 17 heavy (non-hydrogen) atoms. The van der Waals surface area contributed by atoms with Crippen LogP contribution in [0.1, 0.15) is 19.8 Å². The average molecular weight is 237 g/mol. The fourth-order valence-electron chi connectivity index (χ4n) is 1.54. The molecule has 0 fully saturated rings. The van der Waals surface area contributed by atoms with Gasteiger partial charge in [-0.2, -0.15) is 0 Å². The summed E-state index contributed by atoms with van der Waals surface area (Å²) in [6.07, 6.45) is 2.25. The van der Waals surface area contributed by atoms with Crippen LogP contribution in [0.4, 0.5) is 0 Å². The maximum absolute atomic E-state index is 5.68. The summed E-state index contributed by atoms with van der Waals surface area (Å²) in [6, 6.07) is 7.81. The number of hydrogen-bond donors (Lipinski definition) is 0. The van der Waals surface area contributed by atoms with Crippen molar-refractivity contribution in [3.05, 3.63) is 24.3 Å². The maximum atomic E-state index is 5.68. The van der Waals surface area contributed by atoms with Crippen LogP contribution in [-0.4, -0.2) is 38.8 Å². The van der Waals surface area contributed by atoms with Gasteiger partial charge >= 0.3 is 0 Å². The van der Waals surface area contributed by atoms with E-state index in [9.17, 15) is 0 Å². The van der Waals surface area contributed by atoms with Crippen LogP contribution in [0.2, 0.25) is 0 Å². The Morgan fingerprint density at radius 1 is 1.06 bits per heavy atom. The van der Waals surface area contributed by atoms with Gasteiger partial charge in [0.05, 0.1) is 13.2 Å². The van der Waals surface area contributed by atoms with E-state index in [1.807, 2.05) is 31.2 Å². The molecule has 3 heteroatoms. The van der Waals surface area contributed by atoms with Crippen molar-refractivity contribution in [1.29, 1.82) is 0 Å². The Hall–Kier alpha value is -1.22. The molecule has 0 spiro atoms. The van der Waals surface area contributed by atoms with E-state index in [-0.39, 0.29) is 0 Å². The Labute approximate surface area is 104 Å². The van der Waals surface area contributed by atoms with E-state index >= 15 is 0 Å². The summed E-state index contributed by atoms with van der Waals surface area (Å²) in [4.78, 5) is 2.19. The largest absolute Gasteiger partial charge is 0.494 e. The number of nitrogens with zero attached hydrogens (tertiary/aromatic N) is 1. The van der Waals surface area contributed by atoms with E-state index in [1.165, 1.54) is 0 Å². The standard InChI is InChI=1S/C14H23NO2/c1-4-16-13-8-7-9-14(12-13)17-11-6-5-10-15(2)3/h7-9,12H,4-6,10-11H2,1-3H3. The van der Waals surface area contributed by atoms with Gasteiger partial charge in [0, 0.05) is 6.07 Å². The highest BCUT2D eigenvalue weighted by Gasteiger charge is 1.97. The summed E-state index contributed by atoms with van der Waals surface area (Å²) in [5, 5.41) is 0. The number of unbranched alkanes of at least 4 members (excludes halogenated alkanes) is 1. The third kappa shape index (κ3) is 6.17. The van der Waals surface area contributed by atoms with Crippen molar-refractivity contribution in [2.75, 3.05) is 33.9 Å². The molecule has 3 nitrogen and oxygen atoms in total. The Bertz CT molecular complexity index is 313. The molecule has 0 aliphatic carbocycles. The first-order valence-corrected chi connectivity index (χ1v) is 6.22. The fraction of sp³-hybridized carbons (Fsp3) is 0.571. The zero-order valence-electron chi connectivity index (χ0n) is 11.1. The van der Waals surface area contributed by atoms with Crippen LogP contribution in [0.3, 0.4) is 0 Å². The maximum Gasteiger partial charge on any atom is 0.122 e. The first kappa shape index (κ1) is 13.8. The van der Waals surface area contributed by atoms with Crippen LogP contribution in [0.25, 0.3) is 0 Å². The Balaban J connectivity index is 2.24. The lowest BCUT2D eigenvalue weighted by molar-refractivity contribution is 0.289. The van der Waals surface area contributed by atoms with Crippen LogP contribution < -0.4 is 9.47 Å². The fourth-order valence-corrected chi connectivity index (χ4v) is 1.54. The lowest BCUT2D eigenvalue weighted by Crippen LogP contribution is -2.13. The van der Waals surface area contributed by atoms with E-state index < -0.39 is 0 Å². The van der Waals surface area contributed by atoms with Crippen molar-refractivity contribution in [2.45, 2.75) is 19.8 Å². The highest BCUT2D eigenvalue weighted by atomic mass is 16.5. The zero-order chi connectivity index (χ0) is 12.5. The SMILES string of the molecule is CCOc1cccc(OCCCCN(C)C)c1. The van der Waals surface area contributed by atoms with Gasteiger partial charge in [-0.3, -0.25) is 0 Å². The van der Waals surface area contributed by atoms with Gasteiger partial charge in [0.1, 0.15) is 11.5 Å². The molecule has 0 radical (unpaired) electrons. The molecule has 0 aromatic heterocycles. The molecular weight excluding hydrogens is 214 g/mol. The smallest absolute Gasteiger partial charge is 0.122 e. The molecular formula is C14H23NO2. The predicted octanol–water partition coefficient (Wildman–Crippen LogP) is 2.81. The molecule has 0 unspecified atom stereocenters. The summed E-state index contributed by atoms with van der Waals surface area (Å²) < 4.78 is 11.1. The highest BCUT2D eigenvalue weighted by Crippen LogP contribution is 2.19. The summed E-state index contributed by atoms with van der Waals surface area (Å²) in [7, 11) is 4.18. The third-order valence-corrected chi connectivity index (χ3v) is 2.38. The van der Waals surface area contributed by atoms with Crippen LogP contribution in [0.5, 0.6) is 11.5 Å². The second-order valence-corrected chi connectivity index (χ2v) is 4.27. The van der Waals surface area contributed by atoms with E-state index in [0.29, 0.717) is 6.61 Å². The molecule has 0 bridgehead atoms. The first-order chi connectivity index (χ1) is 8.22. The molecule has 0 heterocycles. The molecule has 0 N–H and O–H groups in total. The number of benzene rings is 1. The van der Waals surface area contributed by atoms with Crippen molar-refractivity contribution < 1.29 is 9.47 Å². The quantitative estimate of drug-likeness (QED) is 0.649. The van der Waals surface area contributed by atoms with Crippen molar-refractivity contribution in [3.8, 4) is 11.5 Å². The van der Waals surface area contributed by atoms with Gasteiger partial charge in [-0.25, -0.2) is 0 Å². The molecule has 1 aromatic rings. The van der Waals surface area contributed by atoms with Gasteiger partial charge in [-0.15, -0.1) is 0 Å². The van der Waals surface area contributed by atoms with Crippen molar-refractivity contribution in [2.24, 2.45) is 0 Å². The summed E-state index contributed by atoms with van der Waals surface area (Å²) in [5.41, 5.74) is 0. The minimum absolute atomic E-state index is 0.687. The second-order valence-electron chi connectivity index (χ2n) is 4.27. The molecule has 0 aliphatic heterocycles. The summed E-state index contributed by atoms with van der Waals surface area (Å²) in [6.45, 7) is 4.55. The van der Waals surface area contributed by atoms with Gasteiger partial charge in [-0.05, 0) is 52.5 Å². The Morgan fingerprint density at radius 3 is 2.41 bits per heavy atom. The van der Waals surface area contributed by atoms with Gasteiger partial charge in [-0.1, -0.05) is 6.07 Å². The lowest BCUT2D eigenvalue weighted by atomic mass is 10.3. The summed E-state index contributed by atoms with van der Waals surface area (Å²) in [5.74, 6) is 1.76. The van der Waals surface area contributed by atoms with Gasteiger partial charge in [0.25, 0.3) is 0 Å². The lowest BCUT2D eigenvalue weighted by Gasteiger charge is -2.10. The molecule has 0 amide bonds. The normalized spacial score (nSPS) is 10.6. The molecule has 1 aromatic carbocycles. The van der Waals surface area contributed by atoms with E-state index in [1.54, 1.807) is 0 Å². The number of ether oxygens (including phenoxy) is 2. The molecule has 0 atom stereocenters. The van der Waals surface area contributed by atoms with Gasteiger partial charge in [0.15, 0.2) is 0 Å². The molecule has 1 rings (SSSR count). The first-order valence-electron chi connectivity index (χ1n) is 6.22. The molecule has 0 saturated heterocycles. The summed E-state index contributed by atoms with van der Waals surface area (Å²) >= 11 is 0. The predicted molar refractivity (Wildman–Crippen MR) is 70.9 cm³/mol. The minimum atomic E-state index is 0.687. The van der Waals surface area contributed by atoms with Crippen LogP contribution >= 0.6 is 0 Å². The Morgan fingerprint density at radius 2 is 1.76 bits per heavy atom. The van der Waals surface area contributed by atoms with E-state index in [4.69, 9.17) is 9.47 Å². The van der Waals surface area contributed by atoms with Crippen molar-refractivity contribution in [1.82, 2.24) is 4.90 Å². The zero-order valence-corrected chi connectivity index (χ0v) is 11.1. The average Bonchev–Trinajstić information content (AvgIpc) is 2.29.